The molecule has 2 aromatic heterocycles. The van der Waals surface area contributed by atoms with E-state index in [1.807, 2.05) is 37.3 Å². The van der Waals surface area contributed by atoms with E-state index in [0.717, 1.165) is 29.5 Å². The van der Waals surface area contributed by atoms with Crippen LogP contribution in [0.5, 0.6) is 0 Å². The van der Waals surface area contributed by atoms with Gasteiger partial charge in [0.15, 0.2) is 0 Å². The van der Waals surface area contributed by atoms with Crippen molar-refractivity contribution in [3.63, 3.8) is 0 Å². The van der Waals surface area contributed by atoms with Crippen LogP contribution in [0.25, 0.3) is 22.5 Å². The summed E-state index contributed by atoms with van der Waals surface area (Å²) in [4.78, 5) is 12.6. The lowest BCUT2D eigenvalue weighted by Crippen LogP contribution is -2.20. The van der Waals surface area contributed by atoms with Crippen LogP contribution in [0.4, 0.5) is 14.5 Å². The number of nitrogens with zero attached hydrogens (tertiary/aromatic N) is 3. The molecule has 0 aliphatic rings. The van der Waals surface area contributed by atoms with Crippen LogP contribution in [0, 0.1) is 11.6 Å². The number of para-hydroxylation sites is 1. The molecule has 0 radical (unpaired) electrons. The molecule has 29 heavy (non-hydrogen) atoms. The monoisotopic (exact) mass is 396 g/mol. The second-order valence-electron chi connectivity index (χ2n) is 6.60. The number of hydrogen-bond donors (Lipinski definition) is 1. The standard InChI is InChI=1S/C21H18F2N4O2/c1-2-5-20-25-26-21(29-20)18-10-13-6-3-4-7-17(13)27(18)12-19(28)24-16-9-8-14(22)11-15(16)23/h3-4,6-11H,2,5,12H2,1H3,(H,24,28). The van der Waals surface area contributed by atoms with Gasteiger partial charge in [0.1, 0.15) is 23.9 Å². The van der Waals surface area contributed by atoms with Crippen LogP contribution in [0.1, 0.15) is 19.2 Å². The minimum Gasteiger partial charge on any atom is -0.419 e. The van der Waals surface area contributed by atoms with E-state index >= 15 is 0 Å². The number of hydrogen-bond acceptors (Lipinski definition) is 4. The Hall–Kier alpha value is -3.55. The van der Waals surface area contributed by atoms with Crippen molar-refractivity contribution in [1.82, 2.24) is 14.8 Å². The van der Waals surface area contributed by atoms with Gasteiger partial charge < -0.3 is 14.3 Å². The average molecular weight is 396 g/mol. The van der Waals surface area contributed by atoms with E-state index in [2.05, 4.69) is 15.5 Å². The Morgan fingerprint density at radius 3 is 2.76 bits per heavy atom. The van der Waals surface area contributed by atoms with Gasteiger partial charge in [-0.15, -0.1) is 10.2 Å². The minimum absolute atomic E-state index is 0.0857. The number of nitrogens with one attached hydrogen (secondary N) is 1. The quantitative estimate of drug-likeness (QED) is 0.519. The molecule has 0 aliphatic heterocycles. The minimum atomic E-state index is -0.836. The molecule has 4 rings (SSSR count). The van der Waals surface area contributed by atoms with Gasteiger partial charge in [0.25, 0.3) is 5.89 Å². The maximum absolute atomic E-state index is 13.9. The van der Waals surface area contributed by atoms with Crippen LogP contribution in [-0.4, -0.2) is 20.7 Å². The first-order valence-corrected chi connectivity index (χ1v) is 9.21. The highest BCUT2D eigenvalue weighted by molar-refractivity contribution is 5.93. The Morgan fingerprint density at radius 2 is 1.97 bits per heavy atom. The molecule has 4 aromatic rings. The number of rotatable bonds is 6. The number of fused-ring (bicyclic) bond motifs is 1. The molecular weight excluding hydrogens is 378 g/mol. The van der Waals surface area contributed by atoms with Crippen LogP contribution < -0.4 is 5.32 Å². The number of carbonyl (C=O) groups is 1. The molecule has 2 heterocycles. The number of aromatic nitrogens is 3. The van der Waals surface area contributed by atoms with Gasteiger partial charge in [0.05, 0.1) is 5.69 Å². The summed E-state index contributed by atoms with van der Waals surface area (Å²) in [5, 5.41) is 11.5. The number of aryl methyl sites for hydroxylation is 1. The van der Waals surface area contributed by atoms with Crippen LogP contribution >= 0.6 is 0 Å². The molecule has 0 saturated heterocycles. The lowest BCUT2D eigenvalue weighted by Gasteiger charge is -2.10. The third-order valence-electron chi connectivity index (χ3n) is 4.47. The van der Waals surface area contributed by atoms with Crippen molar-refractivity contribution >= 4 is 22.5 Å². The summed E-state index contributed by atoms with van der Waals surface area (Å²) in [6, 6.07) is 12.4. The van der Waals surface area contributed by atoms with Gasteiger partial charge >= 0.3 is 0 Å². The Bertz CT molecular complexity index is 1180. The summed E-state index contributed by atoms with van der Waals surface area (Å²) < 4.78 is 34.4. The van der Waals surface area contributed by atoms with E-state index < -0.39 is 17.5 Å². The summed E-state index contributed by atoms with van der Waals surface area (Å²) >= 11 is 0. The topological polar surface area (TPSA) is 73.0 Å². The van der Waals surface area contributed by atoms with Crippen molar-refractivity contribution < 1.29 is 18.0 Å². The van der Waals surface area contributed by atoms with Crippen molar-refractivity contribution in [3.05, 3.63) is 66.1 Å². The van der Waals surface area contributed by atoms with E-state index in [-0.39, 0.29) is 12.2 Å². The first-order chi connectivity index (χ1) is 14.0. The van der Waals surface area contributed by atoms with Gasteiger partial charge in [-0.1, -0.05) is 25.1 Å². The summed E-state index contributed by atoms with van der Waals surface area (Å²) in [6.07, 6.45) is 1.54. The molecule has 0 spiro atoms. The smallest absolute Gasteiger partial charge is 0.264 e. The van der Waals surface area contributed by atoms with E-state index in [9.17, 15) is 13.6 Å². The van der Waals surface area contributed by atoms with Gasteiger partial charge in [-0.2, -0.15) is 0 Å². The Balaban J connectivity index is 1.67. The number of halogens is 2. The third kappa shape index (κ3) is 3.87. The van der Waals surface area contributed by atoms with Gasteiger partial charge in [0.2, 0.25) is 11.8 Å². The molecule has 0 fully saturated rings. The molecule has 0 unspecified atom stereocenters. The third-order valence-corrected chi connectivity index (χ3v) is 4.47. The number of amides is 1. The molecule has 1 amide bonds. The van der Waals surface area contributed by atoms with Gasteiger partial charge in [-0.3, -0.25) is 4.79 Å². The highest BCUT2D eigenvalue weighted by Gasteiger charge is 2.18. The lowest BCUT2D eigenvalue weighted by atomic mass is 10.2. The van der Waals surface area contributed by atoms with E-state index in [1.165, 1.54) is 6.07 Å². The number of benzene rings is 2. The maximum atomic E-state index is 13.9. The van der Waals surface area contributed by atoms with Crippen LogP contribution in [0.3, 0.4) is 0 Å². The largest absolute Gasteiger partial charge is 0.419 e. The summed E-state index contributed by atoms with van der Waals surface area (Å²) in [7, 11) is 0. The SMILES string of the molecule is CCCc1nnc(-c2cc3ccccc3n2CC(=O)Nc2ccc(F)cc2F)o1. The summed E-state index contributed by atoms with van der Waals surface area (Å²) in [6.45, 7) is 1.91. The molecule has 148 valence electrons. The fraction of sp³-hybridized carbons (Fsp3) is 0.190. The molecule has 0 bridgehead atoms. The van der Waals surface area contributed by atoms with Gasteiger partial charge in [-0.25, -0.2) is 8.78 Å². The van der Waals surface area contributed by atoms with Crippen molar-refractivity contribution in [3.8, 4) is 11.6 Å². The summed E-state index contributed by atoms with van der Waals surface area (Å²) in [5.41, 5.74) is 1.31. The van der Waals surface area contributed by atoms with Crippen molar-refractivity contribution in [2.24, 2.45) is 0 Å². The van der Waals surface area contributed by atoms with Crippen LogP contribution in [0.15, 0.2) is 52.9 Å². The first kappa shape index (κ1) is 18.8. The number of anilines is 1. The zero-order valence-electron chi connectivity index (χ0n) is 15.7. The molecular formula is C21H18F2N4O2. The predicted molar refractivity (Wildman–Crippen MR) is 104 cm³/mol. The van der Waals surface area contributed by atoms with Crippen molar-refractivity contribution in [1.29, 1.82) is 0 Å². The second kappa shape index (κ2) is 7.83. The molecule has 0 aliphatic carbocycles. The Morgan fingerprint density at radius 1 is 1.14 bits per heavy atom. The predicted octanol–water partition coefficient (Wildman–Crippen LogP) is 4.56. The zero-order chi connectivity index (χ0) is 20.4. The lowest BCUT2D eigenvalue weighted by molar-refractivity contribution is -0.116. The normalized spacial score (nSPS) is 11.1. The van der Waals surface area contributed by atoms with E-state index in [1.54, 1.807) is 4.57 Å². The van der Waals surface area contributed by atoms with E-state index in [0.29, 0.717) is 23.9 Å². The highest BCUT2D eigenvalue weighted by atomic mass is 19.1. The Kier molecular flexibility index (Phi) is 5.07. The Labute approximate surface area is 165 Å². The fourth-order valence-corrected chi connectivity index (χ4v) is 3.15. The molecule has 2 aromatic carbocycles. The molecule has 0 atom stereocenters. The maximum Gasteiger partial charge on any atom is 0.264 e. The zero-order valence-corrected chi connectivity index (χ0v) is 15.7. The fourth-order valence-electron chi connectivity index (χ4n) is 3.15. The van der Waals surface area contributed by atoms with Crippen molar-refractivity contribution in [2.45, 2.75) is 26.3 Å². The van der Waals surface area contributed by atoms with Gasteiger partial charge in [-0.05, 0) is 30.7 Å². The second-order valence-corrected chi connectivity index (χ2v) is 6.60. The van der Waals surface area contributed by atoms with Crippen LogP contribution in [-0.2, 0) is 17.8 Å². The molecule has 1 N–H and O–H groups in total. The van der Waals surface area contributed by atoms with Gasteiger partial charge in [0, 0.05) is 23.4 Å². The molecule has 0 saturated carbocycles. The van der Waals surface area contributed by atoms with Crippen LogP contribution in [0.2, 0.25) is 0 Å². The number of carbonyl (C=O) groups excluding carboxylic acids is 1. The average Bonchev–Trinajstić information content (AvgIpc) is 3.29. The summed E-state index contributed by atoms with van der Waals surface area (Å²) in [5.74, 6) is -1.18. The van der Waals surface area contributed by atoms with E-state index in [4.69, 9.17) is 4.42 Å². The highest BCUT2D eigenvalue weighted by Crippen LogP contribution is 2.28. The first-order valence-electron chi connectivity index (χ1n) is 9.21. The molecule has 6 nitrogen and oxygen atoms in total. The van der Waals surface area contributed by atoms with Crippen molar-refractivity contribution in [2.75, 3.05) is 5.32 Å². The molecule has 8 heteroatoms.